The van der Waals surface area contributed by atoms with Gasteiger partial charge in [-0.05, 0) is 38.5 Å². The summed E-state index contributed by atoms with van der Waals surface area (Å²) in [6.07, 6.45) is 0.841. The number of carboxylic acid groups (broad SMARTS) is 1. The molecule has 0 aliphatic carbocycles. The minimum absolute atomic E-state index is 0.0816. The van der Waals surface area contributed by atoms with E-state index in [-0.39, 0.29) is 6.54 Å². The van der Waals surface area contributed by atoms with Crippen LogP contribution >= 0.6 is 0 Å². The first-order chi connectivity index (χ1) is 10.0. The minimum Gasteiger partial charge on any atom is -0.480 e. The van der Waals surface area contributed by atoms with Gasteiger partial charge in [0.1, 0.15) is 6.54 Å². The molecule has 2 heterocycles. The summed E-state index contributed by atoms with van der Waals surface area (Å²) >= 11 is 0. The van der Waals surface area contributed by atoms with E-state index >= 15 is 0 Å². The number of anilines is 1. The van der Waals surface area contributed by atoms with Crippen LogP contribution in [0, 0.1) is 13.8 Å². The molecule has 0 bridgehead atoms. The Labute approximate surface area is 123 Å². The van der Waals surface area contributed by atoms with Crippen LogP contribution in [0.15, 0.2) is 18.2 Å². The van der Waals surface area contributed by atoms with Crippen molar-refractivity contribution in [3.63, 3.8) is 0 Å². The predicted octanol–water partition coefficient (Wildman–Crippen LogP) is 1.58. The van der Waals surface area contributed by atoms with Crippen LogP contribution in [0.25, 0.3) is 5.82 Å². The number of aliphatic carboxylic acids is 1. The number of nitrogens with zero attached hydrogens (tertiary/aromatic N) is 5. The van der Waals surface area contributed by atoms with E-state index in [2.05, 4.69) is 15.3 Å². The maximum absolute atomic E-state index is 10.9. The fourth-order valence-electron chi connectivity index (χ4n) is 2.17. The fraction of sp³-hybridized carbons (Fsp3) is 0.429. The number of carboxylic acids is 1. The van der Waals surface area contributed by atoms with Crippen LogP contribution in [0.2, 0.25) is 0 Å². The Balaban J connectivity index is 2.24. The lowest BCUT2D eigenvalue weighted by molar-refractivity contribution is -0.135. The first kappa shape index (κ1) is 15.0. The van der Waals surface area contributed by atoms with Gasteiger partial charge in [-0.2, -0.15) is 5.10 Å². The highest BCUT2D eigenvalue weighted by atomic mass is 16.4. The van der Waals surface area contributed by atoms with Gasteiger partial charge in [0, 0.05) is 12.2 Å². The zero-order chi connectivity index (χ0) is 15.4. The number of rotatable bonds is 6. The topological polar surface area (TPSA) is 84.1 Å². The lowest BCUT2D eigenvalue weighted by atomic mass is 10.3. The van der Waals surface area contributed by atoms with Crippen LogP contribution in [-0.2, 0) is 4.79 Å². The second-order valence-corrected chi connectivity index (χ2v) is 4.90. The van der Waals surface area contributed by atoms with Gasteiger partial charge < -0.3 is 10.0 Å². The molecule has 2 aromatic heterocycles. The summed E-state index contributed by atoms with van der Waals surface area (Å²) < 4.78 is 1.72. The van der Waals surface area contributed by atoms with Crippen molar-refractivity contribution < 1.29 is 9.90 Å². The molecule has 0 atom stereocenters. The third-order valence-electron chi connectivity index (χ3n) is 3.01. The zero-order valence-electron chi connectivity index (χ0n) is 12.4. The van der Waals surface area contributed by atoms with Crippen molar-refractivity contribution in [3.8, 4) is 5.82 Å². The Hall–Kier alpha value is -2.44. The third kappa shape index (κ3) is 3.56. The lowest BCUT2D eigenvalue weighted by Gasteiger charge is -2.20. The van der Waals surface area contributed by atoms with Crippen molar-refractivity contribution in [2.45, 2.75) is 27.2 Å². The standard InChI is InChI=1S/C14H19N5O2/c1-4-7-18(9-14(20)21)12-5-6-13(16-15-12)19-11(3)8-10(2)17-19/h5-6,8H,4,7,9H2,1-3H3,(H,20,21). The molecular weight excluding hydrogens is 270 g/mol. The molecule has 0 saturated heterocycles. The number of carbonyl (C=O) groups is 1. The molecule has 0 aliphatic heterocycles. The Morgan fingerprint density at radius 1 is 1.33 bits per heavy atom. The highest BCUT2D eigenvalue weighted by Crippen LogP contribution is 2.13. The summed E-state index contributed by atoms with van der Waals surface area (Å²) in [6.45, 7) is 6.40. The van der Waals surface area contributed by atoms with E-state index in [1.807, 2.05) is 26.8 Å². The largest absolute Gasteiger partial charge is 0.480 e. The van der Waals surface area contributed by atoms with Crippen molar-refractivity contribution in [2.75, 3.05) is 18.0 Å². The summed E-state index contributed by atoms with van der Waals surface area (Å²) in [7, 11) is 0. The molecular formula is C14H19N5O2. The Bertz CT molecular complexity index is 621. The molecule has 7 heteroatoms. The minimum atomic E-state index is -0.882. The molecule has 0 spiro atoms. The van der Waals surface area contributed by atoms with Gasteiger partial charge in [0.15, 0.2) is 11.6 Å². The lowest BCUT2D eigenvalue weighted by Crippen LogP contribution is -2.31. The average molecular weight is 289 g/mol. The van der Waals surface area contributed by atoms with Crippen LogP contribution in [0.5, 0.6) is 0 Å². The van der Waals surface area contributed by atoms with Crippen LogP contribution in [0.4, 0.5) is 5.82 Å². The summed E-state index contributed by atoms with van der Waals surface area (Å²) in [6, 6.07) is 5.53. The van der Waals surface area contributed by atoms with Crippen LogP contribution in [0.3, 0.4) is 0 Å². The van der Waals surface area contributed by atoms with E-state index in [0.717, 1.165) is 17.8 Å². The molecule has 0 fully saturated rings. The van der Waals surface area contributed by atoms with Crippen LogP contribution < -0.4 is 4.90 Å². The molecule has 0 aliphatic rings. The normalized spacial score (nSPS) is 10.6. The van der Waals surface area contributed by atoms with Gasteiger partial charge in [-0.25, -0.2) is 4.68 Å². The van der Waals surface area contributed by atoms with E-state index in [1.165, 1.54) is 0 Å². The highest BCUT2D eigenvalue weighted by Gasteiger charge is 2.12. The van der Waals surface area contributed by atoms with Crippen molar-refractivity contribution in [3.05, 3.63) is 29.6 Å². The SMILES string of the molecule is CCCN(CC(=O)O)c1ccc(-n2nc(C)cc2C)nn1. The number of hydrogen-bond acceptors (Lipinski definition) is 5. The van der Waals surface area contributed by atoms with E-state index < -0.39 is 5.97 Å². The van der Waals surface area contributed by atoms with Crippen LogP contribution in [0.1, 0.15) is 24.7 Å². The molecule has 21 heavy (non-hydrogen) atoms. The van der Waals surface area contributed by atoms with Crippen molar-refractivity contribution in [1.82, 2.24) is 20.0 Å². The molecule has 0 unspecified atom stereocenters. The Morgan fingerprint density at radius 3 is 2.57 bits per heavy atom. The van der Waals surface area contributed by atoms with Gasteiger partial charge in [0.25, 0.3) is 0 Å². The average Bonchev–Trinajstić information content (AvgIpc) is 2.77. The van der Waals surface area contributed by atoms with E-state index in [9.17, 15) is 4.79 Å². The van der Waals surface area contributed by atoms with Gasteiger partial charge in [0.05, 0.1) is 5.69 Å². The summed E-state index contributed by atoms with van der Waals surface area (Å²) in [4.78, 5) is 12.6. The maximum Gasteiger partial charge on any atom is 0.323 e. The van der Waals surface area contributed by atoms with Crippen molar-refractivity contribution in [2.24, 2.45) is 0 Å². The van der Waals surface area contributed by atoms with Gasteiger partial charge in [-0.1, -0.05) is 6.92 Å². The first-order valence-electron chi connectivity index (χ1n) is 6.85. The maximum atomic E-state index is 10.9. The quantitative estimate of drug-likeness (QED) is 0.869. The Kier molecular flexibility index (Phi) is 4.52. The molecule has 1 N–H and O–H groups in total. The van der Waals surface area contributed by atoms with Crippen LogP contribution in [-0.4, -0.2) is 44.1 Å². The molecule has 7 nitrogen and oxygen atoms in total. The molecule has 0 saturated carbocycles. The fourth-order valence-corrected chi connectivity index (χ4v) is 2.17. The van der Waals surface area contributed by atoms with E-state index in [4.69, 9.17) is 5.11 Å². The predicted molar refractivity (Wildman–Crippen MR) is 78.8 cm³/mol. The van der Waals surface area contributed by atoms with Gasteiger partial charge in [-0.3, -0.25) is 4.79 Å². The summed E-state index contributed by atoms with van der Waals surface area (Å²) in [5.74, 6) is 0.300. The smallest absolute Gasteiger partial charge is 0.323 e. The van der Waals surface area contributed by atoms with Crippen molar-refractivity contribution in [1.29, 1.82) is 0 Å². The number of aryl methyl sites for hydroxylation is 2. The third-order valence-corrected chi connectivity index (χ3v) is 3.01. The molecule has 112 valence electrons. The molecule has 0 amide bonds. The number of hydrogen-bond donors (Lipinski definition) is 1. The van der Waals surface area contributed by atoms with Gasteiger partial charge in [0.2, 0.25) is 0 Å². The van der Waals surface area contributed by atoms with Gasteiger partial charge >= 0.3 is 5.97 Å². The second kappa shape index (κ2) is 6.34. The number of aromatic nitrogens is 4. The Morgan fingerprint density at radius 2 is 2.10 bits per heavy atom. The molecule has 0 radical (unpaired) electrons. The monoisotopic (exact) mass is 289 g/mol. The zero-order valence-corrected chi connectivity index (χ0v) is 12.4. The van der Waals surface area contributed by atoms with E-state index in [1.54, 1.807) is 21.7 Å². The summed E-state index contributed by atoms with van der Waals surface area (Å²) in [5.41, 5.74) is 1.89. The summed E-state index contributed by atoms with van der Waals surface area (Å²) in [5, 5.41) is 21.6. The molecule has 2 aromatic rings. The van der Waals surface area contributed by atoms with Crippen molar-refractivity contribution >= 4 is 11.8 Å². The molecule has 0 aromatic carbocycles. The van der Waals surface area contributed by atoms with E-state index in [0.29, 0.717) is 18.2 Å². The second-order valence-electron chi connectivity index (χ2n) is 4.90. The highest BCUT2D eigenvalue weighted by molar-refractivity contribution is 5.73. The van der Waals surface area contributed by atoms with Gasteiger partial charge in [-0.15, -0.1) is 10.2 Å². The molecule has 2 rings (SSSR count). The first-order valence-corrected chi connectivity index (χ1v) is 6.85.